The Hall–Kier alpha value is -0.510. The van der Waals surface area contributed by atoms with E-state index in [4.69, 9.17) is 5.21 Å². The molecule has 0 spiro atoms. The van der Waals surface area contributed by atoms with Crippen molar-refractivity contribution in [2.24, 2.45) is 10.1 Å². The maximum absolute atomic E-state index is 8.45. The van der Waals surface area contributed by atoms with E-state index >= 15 is 0 Å². The van der Waals surface area contributed by atoms with Gasteiger partial charge in [-0.15, -0.1) is 0 Å². The van der Waals surface area contributed by atoms with Gasteiger partial charge < -0.3 is 5.21 Å². The van der Waals surface area contributed by atoms with Gasteiger partial charge in [-0.1, -0.05) is 16.9 Å². The van der Waals surface area contributed by atoms with Gasteiger partial charge in [0.05, 0.1) is 5.71 Å². The van der Waals surface area contributed by atoms with Crippen LogP contribution in [0.4, 0.5) is 0 Å². The van der Waals surface area contributed by atoms with Crippen LogP contribution in [0.15, 0.2) is 10.1 Å². The highest BCUT2D eigenvalue weighted by atomic mass is 32.2. The van der Waals surface area contributed by atoms with Crippen LogP contribution in [0.5, 0.6) is 0 Å². The Morgan fingerprint density at radius 2 is 2.20 bits per heavy atom. The first-order chi connectivity index (χ1) is 4.55. The molecule has 1 heterocycles. The summed E-state index contributed by atoms with van der Waals surface area (Å²) in [5, 5.41) is 12.2. The average Bonchev–Trinajstić information content (AvgIpc) is 2.05. The molecular formula is C6H10N2OS. The van der Waals surface area contributed by atoms with E-state index in [2.05, 4.69) is 10.1 Å². The maximum Gasteiger partial charge on any atom is 0.158 e. The molecule has 1 N–H and O–H groups in total. The molecule has 0 amide bonds. The minimum Gasteiger partial charge on any atom is -0.410 e. The summed E-state index contributed by atoms with van der Waals surface area (Å²) >= 11 is 1.47. The minimum atomic E-state index is -0.147. The minimum absolute atomic E-state index is 0.147. The predicted octanol–water partition coefficient (Wildman–Crippen LogP) is 1.72. The number of rotatable bonds is 0. The summed E-state index contributed by atoms with van der Waals surface area (Å²) in [6.45, 7) is 5.81. The van der Waals surface area contributed by atoms with Crippen LogP contribution < -0.4 is 0 Å². The molecule has 0 saturated heterocycles. The molecule has 4 heteroatoms. The van der Waals surface area contributed by atoms with Crippen LogP contribution in [0, 0.1) is 0 Å². The molecule has 0 aromatic carbocycles. The summed E-state index contributed by atoms with van der Waals surface area (Å²) in [4.78, 5) is 4.11. The Kier molecular flexibility index (Phi) is 1.72. The first-order valence-corrected chi connectivity index (χ1v) is 3.85. The van der Waals surface area contributed by atoms with Gasteiger partial charge in [-0.05, 0) is 20.8 Å². The van der Waals surface area contributed by atoms with E-state index in [1.165, 1.54) is 11.8 Å². The van der Waals surface area contributed by atoms with Crippen molar-refractivity contribution in [3.8, 4) is 0 Å². The number of hydrogen-bond acceptors (Lipinski definition) is 4. The molecule has 1 aliphatic rings. The zero-order valence-electron chi connectivity index (χ0n) is 6.25. The molecule has 1 rings (SSSR count). The number of hydrogen-bond donors (Lipinski definition) is 1. The van der Waals surface area contributed by atoms with Gasteiger partial charge in [0.25, 0.3) is 0 Å². The molecule has 0 radical (unpaired) electrons. The van der Waals surface area contributed by atoms with Gasteiger partial charge in [0.2, 0.25) is 0 Å². The Balaban J connectivity index is 2.89. The van der Waals surface area contributed by atoms with Crippen LogP contribution in [-0.4, -0.2) is 20.8 Å². The lowest BCUT2D eigenvalue weighted by Gasteiger charge is -2.09. The van der Waals surface area contributed by atoms with Crippen LogP contribution >= 0.6 is 11.8 Å². The number of aliphatic imine (C=N–C) groups is 1. The lowest BCUT2D eigenvalue weighted by atomic mass is 10.4. The molecule has 10 heavy (non-hydrogen) atoms. The third-order valence-electron chi connectivity index (χ3n) is 1.18. The molecule has 0 bridgehead atoms. The van der Waals surface area contributed by atoms with Crippen molar-refractivity contribution >= 4 is 22.5 Å². The third kappa shape index (κ3) is 1.31. The van der Waals surface area contributed by atoms with Crippen LogP contribution in [0.1, 0.15) is 20.8 Å². The summed E-state index contributed by atoms with van der Waals surface area (Å²) < 4.78 is 0. The monoisotopic (exact) mass is 158 g/mol. The van der Waals surface area contributed by atoms with E-state index in [9.17, 15) is 0 Å². The highest BCUT2D eigenvalue weighted by Crippen LogP contribution is 2.33. The van der Waals surface area contributed by atoms with E-state index in [0.717, 1.165) is 5.71 Å². The van der Waals surface area contributed by atoms with Gasteiger partial charge in [-0.3, -0.25) is 4.99 Å². The SMILES string of the molecule is CC1=NC(C)(C)S/C1=N/O. The molecule has 0 saturated carbocycles. The molecule has 3 nitrogen and oxygen atoms in total. The van der Waals surface area contributed by atoms with Crippen LogP contribution in [0.3, 0.4) is 0 Å². The van der Waals surface area contributed by atoms with Gasteiger partial charge in [0.1, 0.15) is 4.87 Å². The fourth-order valence-corrected chi connectivity index (χ4v) is 1.77. The smallest absolute Gasteiger partial charge is 0.158 e. The molecule has 0 atom stereocenters. The van der Waals surface area contributed by atoms with E-state index in [1.807, 2.05) is 20.8 Å². The molecule has 0 aromatic heterocycles. The van der Waals surface area contributed by atoms with Crippen molar-refractivity contribution in [3.63, 3.8) is 0 Å². The Bertz CT molecular complexity index is 208. The summed E-state index contributed by atoms with van der Waals surface area (Å²) in [6, 6.07) is 0. The van der Waals surface area contributed by atoms with Gasteiger partial charge in [-0.25, -0.2) is 0 Å². The molecular weight excluding hydrogens is 148 g/mol. The Morgan fingerprint density at radius 1 is 1.60 bits per heavy atom. The Labute approximate surface area is 64.2 Å². The summed E-state index contributed by atoms with van der Waals surface area (Å²) in [5.74, 6) is 0. The fourth-order valence-electron chi connectivity index (χ4n) is 0.878. The average molecular weight is 158 g/mol. The van der Waals surface area contributed by atoms with E-state index < -0.39 is 0 Å². The van der Waals surface area contributed by atoms with Crippen LogP contribution in [-0.2, 0) is 0 Å². The molecule has 0 unspecified atom stereocenters. The summed E-state index contributed by atoms with van der Waals surface area (Å²) in [5.41, 5.74) is 0.817. The third-order valence-corrected chi connectivity index (χ3v) is 2.34. The summed E-state index contributed by atoms with van der Waals surface area (Å²) in [7, 11) is 0. The van der Waals surface area contributed by atoms with E-state index in [0.29, 0.717) is 5.04 Å². The lowest BCUT2D eigenvalue weighted by Crippen LogP contribution is -2.05. The van der Waals surface area contributed by atoms with Crippen LogP contribution in [0.2, 0.25) is 0 Å². The molecule has 0 fully saturated rings. The van der Waals surface area contributed by atoms with Crippen molar-refractivity contribution in [1.82, 2.24) is 0 Å². The summed E-state index contributed by atoms with van der Waals surface area (Å²) in [6.07, 6.45) is 0. The number of oxime groups is 1. The molecule has 56 valence electrons. The normalized spacial score (nSPS) is 27.1. The number of nitrogens with zero attached hydrogens (tertiary/aromatic N) is 2. The standard InChI is InChI=1S/C6H10N2OS/c1-4-5(8-9)10-6(2,3)7-4/h9H,1-3H3/b8-5+. The van der Waals surface area contributed by atoms with Gasteiger partial charge in [0.15, 0.2) is 5.04 Å². The molecule has 0 aliphatic carbocycles. The highest BCUT2D eigenvalue weighted by Gasteiger charge is 2.29. The Morgan fingerprint density at radius 3 is 2.40 bits per heavy atom. The second kappa shape index (κ2) is 2.27. The molecule has 1 aliphatic heterocycles. The molecule has 0 aromatic rings. The lowest BCUT2D eigenvalue weighted by molar-refractivity contribution is 0.321. The number of thioether (sulfide) groups is 1. The quantitative estimate of drug-likeness (QED) is 0.431. The highest BCUT2D eigenvalue weighted by molar-refractivity contribution is 8.17. The van der Waals surface area contributed by atoms with Crippen molar-refractivity contribution in [2.45, 2.75) is 25.6 Å². The first-order valence-electron chi connectivity index (χ1n) is 3.03. The largest absolute Gasteiger partial charge is 0.410 e. The second-order valence-electron chi connectivity index (χ2n) is 2.65. The zero-order valence-corrected chi connectivity index (χ0v) is 7.07. The van der Waals surface area contributed by atoms with Crippen molar-refractivity contribution in [1.29, 1.82) is 0 Å². The maximum atomic E-state index is 8.45. The fraction of sp³-hybridized carbons (Fsp3) is 0.667. The van der Waals surface area contributed by atoms with E-state index in [-0.39, 0.29) is 4.87 Å². The van der Waals surface area contributed by atoms with Crippen molar-refractivity contribution in [3.05, 3.63) is 0 Å². The van der Waals surface area contributed by atoms with Crippen LogP contribution in [0.25, 0.3) is 0 Å². The first kappa shape index (κ1) is 7.60. The topological polar surface area (TPSA) is 45.0 Å². The van der Waals surface area contributed by atoms with Crippen molar-refractivity contribution < 1.29 is 5.21 Å². The van der Waals surface area contributed by atoms with Gasteiger partial charge in [-0.2, -0.15) is 0 Å². The van der Waals surface area contributed by atoms with Crippen molar-refractivity contribution in [2.75, 3.05) is 0 Å². The van der Waals surface area contributed by atoms with Gasteiger partial charge in [0, 0.05) is 0 Å². The van der Waals surface area contributed by atoms with E-state index in [1.54, 1.807) is 0 Å². The zero-order chi connectivity index (χ0) is 7.78. The van der Waals surface area contributed by atoms with Gasteiger partial charge >= 0.3 is 0 Å². The second-order valence-corrected chi connectivity index (χ2v) is 4.24. The predicted molar refractivity (Wildman–Crippen MR) is 44.0 cm³/mol.